The molecule has 4 nitrogen and oxygen atoms in total. The number of carbonyl (C=O) groups excluding carboxylic acids is 1. The van der Waals surface area contributed by atoms with Crippen LogP contribution in [0.15, 0.2) is 24.3 Å². The number of aryl methyl sites for hydroxylation is 1. The van der Waals surface area contributed by atoms with Crippen molar-refractivity contribution in [2.24, 2.45) is 0 Å². The highest BCUT2D eigenvalue weighted by molar-refractivity contribution is 5.79. The number of rotatable bonds is 3. The number of benzene rings is 1. The number of aliphatic hydroxyl groups excluding tert-OH is 1. The lowest BCUT2D eigenvalue weighted by atomic mass is 10.0. The molecule has 0 aliphatic carbocycles. The first-order chi connectivity index (χ1) is 8.72. The molecule has 0 aromatic heterocycles. The predicted octanol–water partition coefficient (Wildman–Crippen LogP) is 0.757. The maximum atomic E-state index is 12.2. The van der Waals surface area contributed by atoms with E-state index < -0.39 is 0 Å². The Morgan fingerprint density at radius 2 is 2.28 bits per heavy atom. The van der Waals surface area contributed by atoms with E-state index in [1.165, 1.54) is 0 Å². The molecule has 1 atom stereocenters. The first kappa shape index (κ1) is 13.1. The summed E-state index contributed by atoms with van der Waals surface area (Å²) in [5.41, 5.74) is 2.17. The maximum absolute atomic E-state index is 12.2. The first-order valence-corrected chi connectivity index (χ1v) is 6.25. The maximum Gasteiger partial charge on any atom is 0.227 e. The molecule has 1 aromatic rings. The van der Waals surface area contributed by atoms with Crippen LogP contribution in [0.2, 0.25) is 0 Å². The van der Waals surface area contributed by atoms with Crippen LogP contribution in [0.5, 0.6) is 0 Å². The molecular formula is C14H19NO3. The fourth-order valence-electron chi connectivity index (χ4n) is 2.21. The van der Waals surface area contributed by atoms with Crippen molar-refractivity contribution in [2.45, 2.75) is 19.4 Å². The van der Waals surface area contributed by atoms with Gasteiger partial charge in [0.1, 0.15) is 0 Å². The lowest BCUT2D eigenvalue weighted by Crippen LogP contribution is -2.51. The van der Waals surface area contributed by atoms with E-state index in [-0.39, 0.29) is 18.6 Å². The van der Waals surface area contributed by atoms with Gasteiger partial charge in [0, 0.05) is 6.54 Å². The molecule has 0 radical (unpaired) electrons. The van der Waals surface area contributed by atoms with Crippen LogP contribution in [0.3, 0.4) is 0 Å². The molecule has 1 fully saturated rings. The summed E-state index contributed by atoms with van der Waals surface area (Å²) < 4.78 is 5.27. The van der Waals surface area contributed by atoms with Gasteiger partial charge < -0.3 is 14.7 Å². The normalized spacial score (nSPS) is 19.9. The van der Waals surface area contributed by atoms with Crippen molar-refractivity contribution in [3.05, 3.63) is 35.4 Å². The highest BCUT2D eigenvalue weighted by Crippen LogP contribution is 2.13. The van der Waals surface area contributed by atoms with E-state index in [0.717, 1.165) is 11.1 Å². The van der Waals surface area contributed by atoms with Gasteiger partial charge in [-0.15, -0.1) is 0 Å². The Morgan fingerprint density at radius 1 is 1.50 bits per heavy atom. The molecular weight excluding hydrogens is 230 g/mol. The van der Waals surface area contributed by atoms with E-state index in [9.17, 15) is 9.90 Å². The molecule has 1 heterocycles. The van der Waals surface area contributed by atoms with Crippen molar-refractivity contribution in [2.75, 3.05) is 26.4 Å². The molecule has 1 amide bonds. The Kier molecular flexibility index (Phi) is 4.33. The highest BCUT2D eigenvalue weighted by atomic mass is 16.5. The SMILES string of the molecule is Cc1ccccc1CC(=O)N1CCOCC1CO. The molecule has 1 unspecified atom stereocenters. The monoisotopic (exact) mass is 249 g/mol. The van der Waals surface area contributed by atoms with Crippen LogP contribution in [-0.4, -0.2) is 48.3 Å². The van der Waals surface area contributed by atoms with Crippen LogP contribution in [0, 0.1) is 6.92 Å². The number of ether oxygens (including phenoxy) is 1. The Balaban J connectivity index is 2.05. The van der Waals surface area contributed by atoms with Gasteiger partial charge in [0.05, 0.1) is 32.3 Å². The van der Waals surface area contributed by atoms with Crippen LogP contribution in [0.1, 0.15) is 11.1 Å². The van der Waals surface area contributed by atoms with E-state index >= 15 is 0 Å². The number of aliphatic hydroxyl groups is 1. The van der Waals surface area contributed by atoms with Gasteiger partial charge in [-0.2, -0.15) is 0 Å². The third-order valence-corrected chi connectivity index (χ3v) is 3.36. The molecule has 2 rings (SSSR count). The van der Waals surface area contributed by atoms with Gasteiger partial charge in [0.25, 0.3) is 0 Å². The van der Waals surface area contributed by atoms with Crippen molar-refractivity contribution < 1.29 is 14.6 Å². The average Bonchev–Trinajstić information content (AvgIpc) is 2.41. The van der Waals surface area contributed by atoms with E-state index in [2.05, 4.69) is 0 Å². The molecule has 18 heavy (non-hydrogen) atoms. The second-order valence-electron chi connectivity index (χ2n) is 4.60. The summed E-state index contributed by atoms with van der Waals surface area (Å²) in [6.07, 6.45) is 0.392. The molecule has 4 heteroatoms. The molecule has 1 saturated heterocycles. The molecule has 98 valence electrons. The number of hydrogen-bond acceptors (Lipinski definition) is 3. The fraction of sp³-hybridized carbons (Fsp3) is 0.500. The van der Waals surface area contributed by atoms with E-state index in [0.29, 0.717) is 26.2 Å². The molecule has 1 aromatic carbocycles. The Hall–Kier alpha value is -1.39. The van der Waals surface area contributed by atoms with Gasteiger partial charge >= 0.3 is 0 Å². The zero-order chi connectivity index (χ0) is 13.0. The molecule has 0 spiro atoms. The van der Waals surface area contributed by atoms with Gasteiger partial charge in [-0.3, -0.25) is 4.79 Å². The predicted molar refractivity (Wildman–Crippen MR) is 68.3 cm³/mol. The Labute approximate surface area is 107 Å². The Bertz CT molecular complexity index is 419. The van der Waals surface area contributed by atoms with Gasteiger partial charge in [-0.05, 0) is 18.1 Å². The number of amides is 1. The third-order valence-electron chi connectivity index (χ3n) is 3.36. The van der Waals surface area contributed by atoms with E-state index in [1.54, 1.807) is 4.90 Å². The minimum atomic E-state index is -0.199. The second kappa shape index (κ2) is 5.98. The molecule has 1 aliphatic heterocycles. The van der Waals surface area contributed by atoms with Crippen molar-refractivity contribution in [3.8, 4) is 0 Å². The topological polar surface area (TPSA) is 49.8 Å². The van der Waals surface area contributed by atoms with Gasteiger partial charge in [-0.25, -0.2) is 0 Å². The minimum absolute atomic E-state index is 0.0422. The first-order valence-electron chi connectivity index (χ1n) is 6.25. The smallest absolute Gasteiger partial charge is 0.227 e. The Morgan fingerprint density at radius 3 is 3.00 bits per heavy atom. The van der Waals surface area contributed by atoms with Gasteiger partial charge in [-0.1, -0.05) is 24.3 Å². The number of nitrogens with zero attached hydrogens (tertiary/aromatic N) is 1. The van der Waals surface area contributed by atoms with Crippen LogP contribution in [-0.2, 0) is 16.0 Å². The second-order valence-corrected chi connectivity index (χ2v) is 4.60. The minimum Gasteiger partial charge on any atom is -0.394 e. The number of hydrogen-bond donors (Lipinski definition) is 1. The zero-order valence-electron chi connectivity index (χ0n) is 10.6. The molecule has 1 aliphatic rings. The van der Waals surface area contributed by atoms with Crippen LogP contribution >= 0.6 is 0 Å². The van der Waals surface area contributed by atoms with Crippen molar-refractivity contribution in [1.82, 2.24) is 4.90 Å². The van der Waals surface area contributed by atoms with Crippen LogP contribution in [0.25, 0.3) is 0 Å². The summed E-state index contributed by atoms with van der Waals surface area (Å²) in [6.45, 7) is 3.51. The lowest BCUT2D eigenvalue weighted by Gasteiger charge is -2.34. The van der Waals surface area contributed by atoms with Crippen molar-refractivity contribution in [1.29, 1.82) is 0 Å². The highest BCUT2D eigenvalue weighted by Gasteiger charge is 2.26. The summed E-state index contributed by atoms with van der Waals surface area (Å²) in [4.78, 5) is 14.0. The zero-order valence-corrected chi connectivity index (χ0v) is 10.6. The van der Waals surface area contributed by atoms with Crippen molar-refractivity contribution in [3.63, 3.8) is 0 Å². The summed E-state index contributed by atoms with van der Waals surface area (Å²) in [5, 5.41) is 9.26. The molecule has 0 bridgehead atoms. The standard InChI is InChI=1S/C14H19NO3/c1-11-4-2-3-5-12(11)8-14(17)15-6-7-18-10-13(15)9-16/h2-5,13,16H,6-10H2,1H3. The van der Waals surface area contributed by atoms with Crippen LogP contribution in [0.4, 0.5) is 0 Å². The largest absolute Gasteiger partial charge is 0.394 e. The summed E-state index contributed by atoms with van der Waals surface area (Å²) in [7, 11) is 0. The van der Waals surface area contributed by atoms with Gasteiger partial charge in [0.15, 0.2) is 0 Å². The quantitative estimate of drug-likeness (QED) is 0.860. The summed E-state index contributed by atoms with van der Waals surface area (Å²) in [6, 6.07) is 7.69. The molecule has 1 N–H and O–H groups in total. The lowest BCUT2D eigenvalue weighted by molar-refractivity contribution is -0.140. The van der Waals surface area contributed by atoms with Gasteiger partial charge in [0.2, 0.25) is 5.91 Å². The van der Waals surface area contributed by atoms with E-state index in [1.807, 2.05) is 31.2 Å². The third kappa shape index (κ3) is 2.89. The number of carbonyl (C=O) groups is 1. The molecule has 0 saturated carbocycles. The number of morpholine rings is 1. The van der Waals surface area contributed by atoms with E-state index in [4.69, 9.17) is 4.74 Å². The summed E-state index contributed by atoms with van der Waals surface area (Å²) >= 11 is 0. The van der Waals surface area contributed by atoms with Crippen molar-refractivity contribution >= 4 is 5.91 Å². The average molecular weight is 249 g/mol. The van der Waals surface area contributed by atoms with Crippen LogP contribution < -0.4 is 0 Å². The summed E-state index contributed by atoms with van der Waals surface area (Å²) in [5.74, 6) is 0.0617. The fourth-order valence-corrected chi connectivity index (χ4v) is 2.21.